The molecule has 2 aromatic heterocycles. The van der Waals surface area contributed by atoms with Gasteiger partial charge >= 0.3 is 0 Å². The zero-order chi connectivity index (χ0) is 23.3. The molecule has 3 aromatic carbocycles. The van der Waals surface area contributed by atoms with E-state index in [-0.39, 0.29) is 0 Å². The van der Waals surface area contributed by atoms with Crippen molar-refractivity contribution < 1.29 is 9.47 Å². The average molecular weight is 453 g/mol. The summed E-state index contributed by atoms with van der Waals surface area (Å²) < 4.78 is 13.5. The largest absolute Gasteiger partial charge is 0.493 e. The lowest BCUT2D eigenvalue weighted by atomic mass is 10.2. The van der Waals surface area contributed by atoms with E-state index < -0.39 is 0 Å². The van der Waals surface area contributed by atoms with Crippen LogP contribution in [-0.2, 0) is 13.2 Å². The predicted octanol–water partition coefficient (Wildman–Crippen LogP) is 5.03. The fourth-order valence-electron chi connectivity index (χ4n) is 3.85. The first kappa shape index (κ1) is 21.4. The molecule has 0 saturated carbocycles. The van der Waals surface area contributed by atoms with Crippen molar-refractivity contribution >= 4 is 34.2 Å². The molecule has 5 aromatic rings. The molecule has 2 heterocycles. The first-order valence-electron chi connectivity index (χ1n) is 11.0. The van der Waals surface area contributed by atoms with E-state index in [1.165, 1.54) is 0 Å². The lowest BCUT2D eigenvalue weighted by Crippen LogP contribution is -2.02. The van der Waals surface area contributed by atoms with Gasteiger partial charge in [0.15, 0.2) is 17.1 Å². The SMILES string of the molecule is CCn1c2ccccc2c2nnc(N/N=C/c3ccc(OCc4ccccc4)c(OC)c3)nc21. The second kappa shape index (κ2) is 9.58. The zero-order valence-corrected chi connectivity index (χ0v) is 19.0. The zero-order valence-electron chi connectivity index (χ0n) is 19.0. The summed E-state index contributed by atoms with van der Waals surface area (Å²) in [5.74, 6) is 1.63. The van der Waals surface area contributed by atoms with Crippen LogP contribution in [-0.4, -0.2) is 33.1 Å². The molecular weight excluding hydrogens is 428 g/mol. The van der Waals surface area contributed by atoms with Gasteiger partial charge in [0.05, 0.1) is 18.8 Å². The van der Waals surface area contributed by atoms with E-state index >= 15 is 0 Å². The molecule has 34 heavy (non-hydrogen) atoms. The van der Waals surface area contributed by atoms with Crippen molar-refractivity contribution in [3.8, 4) is 11.5 Å². The third-order valence-electron chi connectivity index (χ3n) is 5.49. The predicted molar refractivity (Wildman–Crippen MR) is 133 cm³/mol. The molecule has 8 heteroatoms. The highest BCUT2D eigenvalue weighted by atomic mass is 16.5. The number of rotatable bonds is 8. The van der Waals surface area contributed by atoms with Crippen LogP contribution in [0.1, 0.15) is 18.1 Å². The van der Waals surface area contributed by atoms with Gasteiger partial charge in [-0.25, -0.2) is 5.43 Å². The number of nitrogens with zero attached hydrogens (tertiary/aromatic N) is 5. The average Bonchev–Trinajstić information content (AvgIpc) is 3.21. The molecule has 0 unspecified atom stereocenters. The number of ether oxygens (including phenoxy) is 2. The lowest BCUT2D eigenvalue weighted by Gasteiger charge is -2.11. The number of aryl methyl sites for hydroxylation is 1. The van der Waals surface area contributed by atoms with Gasteiger partial charge in [0.25, 0.3) is 5.95 Å². The normalized spacial score (nSPS) is 11.4. The van der Waals surface area contributed by atoms with Crippen LogP contribution in [0, 0.1) is 0 Å². The minimum atomic E-state index is 0.330. The highest BCUT2D eigenvalue weighted by Crippen LogP contribution is 2.29. The van der Waals surface area contributed by atoms with E-state index in [0.717, 1.165) is 39.7 Å². The molecular formula is C26H24N6O2. The Labute approximate surface area is 196 Å². The number of hydrazone groups is 1. The monoisotopic (exact) mass is 452 g/mol. The molecule has 0 bridgehead atoms. The summed E-state index contributed by atoms with van der Waals surface area (Å²) in [5, 5.41) is 13.9. The van der Waals surface area contributed by atoms with Gasteiger partial charge in [-0.1, -0.05) is 48.5 Å². The van der Waals surface area contributed by atoms with Crippen molar-refractivity contribution in [1.82, 2.24) is 19.7 Å². The topological polar surface area (TPSA) is 86.5 Å². The van der Waals surface area contributed by atoms with E-state index in [1.54, 1.807) is 13.3 Å². The van der Waals surface area contributed by atoms with Gasteiger partial charge in [0.1, 0.15) is 12.1 Å². The maximum absolute atomic E-state index is 5.91. The molecule has 0 amide bonds. The van der Waals surface area contributed by atoms with E-state index in [1.807, 2.05) is 66.7 Å². The number of benzene rings is 3. The van der Waals surface area contributed by atoms with Gasteiger partial charge < -0.3 is 14.0 Å². The molecule has 8 nitrogen and oxygen atoms in total. The standard InChI is InChI=1S/C26H24N6O2/c1-3-32-21-12-8-7-11-20(21)24-25(32)28-26(31-29-24)30-27-16-19-13-14-22(23(15-19)33-2)34-17-18-9-5-4-6-10-18/h4-16H,3,17H2,1-2H3,(H,28,30,31)/b27-16+. The Morgan fingerprint density at radius 3 is 2.62 bits per heavy atom. The fraction of sp³-hybridized carbons (Fsp3) is 0.154. The van der Waals surface area contributed by atoms with Crippen LogP contribution < -0.4 is 14.9 Å². The Morgan fingerprint density at radius 1 is 0.971 bits per heavy atom. The summed E-state index contributed by atoms with van der Waals surface area (Å²) in [7, 11) is 1.62. The molecule has 0 saturated heterocycles. The Kier molecular flexibility index (Phi) is 6.03. The molecule has 0 aliphatic heterocycles. The third-order valence-corrected chi connectivity index (χ3v) is 5.49. The maximum atomic E-state index is 5.91. The molecule has 0 fully saturated rings. The Morgan fingerprint density at radius 2 is 1.79 bits per heavy atom. The summed E-state index contributed by atoms with van der Waals surface area (Å²) in [6, 6.07) is 23.7. The Bertz CT molecular complexity index is 1460. The number of fused-ring (bicyclic) bond motifs is 3. The molecule has 170 valence electrons. The Hall–Kier alpha value is -4.46. The van der Waals surface area contributed by atoms with Crippen molar-refractivity contribution in [2.75, 3.05) is 12.5 Å². The number of para-hydroxylation sites is 1. The van der Waals surface area contributed by atoms with E-state index in [9.17, 15) is 0 Å². The minimum Gasteiger partial charge on any atom is -0.493 e. The van der Waals surface area contributed by atoms with E-state index in [0.29, 0.717) is 24.1 Å². The maximum Gasteiger partial charge on any atom is 0.265 e. The van der Waals surface area contributed by atoms with Crippen molar-refractivity contribution in [1.29, 1.82) is 0 Å². The molecule has 0 aliphatic rings. The third kappa shape index (κ3) is 4.25. The van der Waals surface area contributed by atoms with Crippen molar-refractivity contribution in [2.24, 2.45) is 5.10 Å². The van der Waals surface area contributed by atoms with Crippen molar-refractivity contribution in [3.05, 3.63) is 83.9 Å². The molecule has 0 radical (unpaired) electrons. The van der Waals surface area contributed by atoms with Crippen LogP contribution in [0.4, 0.5) is 5.95 Å². The van der Waals surface area contributed by atoms with Crippen LogP contribution in [0.3, 0.4) is 0 Å². The smallest absolute Gasteiger partial charge is 0.265 e. The minimum absolute atomic E-state index is 0.330. The molecule has 0 aliphatic carbocycles. The highest BCUT2D eigenvalue weighted by Gasteiger charge is 2.13. The lowest BCUT2D eigenvalue weighted by molar-refractivity contribution is 0.284. The van der Waals surface area contributed by atoms with Crippen LogP contribution in [0.2, 0.25) is 0 Å². The summed E-state index contributed by atoms with van der Waals surface area (Å²) in [4.78, 5) is 4.64. The van der Waals surface area contributed by atoms with Crippen LogP contribution in [0.5, 0.6) is 11.5 Å². The van der Waals surface area contributed by atoms with Gasteiger partial charge in [0, 0.05) is 11.9 Å². The van der Waals surface area contributed by atoms with Crippen molar-refractivity contribution in [2.45, 2.75) is 20.1 Å². The van der Waals surface area contributed by atoms with Gasteiger partial charge in [-0.2, -0.15) is 10.1 Å². The second-order valence-corrected chi connectivity index (χ2v) is 7.62. The van der Waals surface area contributed by atoms with Crippen LogP contribution >= 0.6 is 0 Å². The van der Waals surface area contributed by atoms with Gasteiger partial charge in [-0.3, -0.25) is 0 Å². The van der Waals surface area contributed by atoms with Gasteiger partial charge in [-0.15, -0.1) is 10.2 Å². The first-order valence-corrected chi connectivity index (χ1v) is 11.0. The van der Waals surface area contributed by atoms with E-state index in [2.05, 4.69) is 43.3 Å². The number of methoxy groups -OCH3 is 1. The fourth-order valence-corrected chi connectivity index (χ4v) is 3.85. The first-order chi connectivity index (χ1) is 16.8. The molecule has 0 spiro atoms. The second-order valence-electron chi connectivity index (χ2n) is 7.62. The van der Waals surface area contributed by atoms with Crippen molar-refractivity contribution in [3.63, 3.8) is 0 Å². The number of nitrogens with one attached hydrogen (secondary N) is 1. The number of hydrogen-bond acceptors (Lipinski definition) is 7. The molecule has 1 N–H and O–H groups in total. The highest BCUT2D eigenvalue weighted by molar-refractivity contribution is 6.04. The molecule has 0 atom stereocenters. The Balaban J connectivity index is 1.32. The summed E-state index contributed by atoms with van der Waals surface area (Å²) in [6.45, 7) is 3.33. The summed E-state index contributed by atoms with van der Waals surface area (Å²) in [6.07, 6.45) is 1.67. The van der Waals surface area contributed by atoms with E-state index in [4.69, 9.17) is 9.47 Å². The summed E-state index contributed by atoms with van der Waals surface area (Å²) >= 11 is 0. The number of anilines is 1. The van der Waals surface area contributed by atoms with Gasteiger partial charge in [0.2, 0.25) is 0 Å². The van der Waals surface area contributed by atoms with Crippen LogP contribution in [0.15, 0.2) is 77.9 Å². The summed E-state index contributed by atoms with van der Waals surface area (Å²) in [5.41, 5.74) is 7.45. The van der Waals surface area contributed by atoms with Crippen LogP contribution in [0.25, 0.3) is 22.1 Å². The quantitative estimate of drug-likeness (QED) is 0.262. The number of aromatic nitrogens is 4. The number of hydrogen-bond donors (Lipinski definition) is 1. The molecule has 5 rings (SSSR count). The van der Waals surface area contributed by atoms with Gasteiger partial charge in [-0.05, 0) is 42.3 Å².